The molecule has 0 aliphatic rings. The van der Waals surface area contributed by atoms with Gasteiger partial charge in [-0.1, -0.05) is 0 Å². The number of nitrogens with zero attached hydrogens (tertiary/aromatic N) is 1. The summed E-state index contributed by atoms with van der Waals surface area (Å²) in [4.78, 5) is 15.3. The number of methoxy groups -OCH3 is 1. The maximum Gasteiger partial charge on any atom is 0.337 e. The fraction of sp³-hybridized carbons (Fsp3) is 0.400. The van der Waals surface area contributed by atoms with Crippen molar-refractivity contribution in [1.82, 2.24) is 4.98 Å². The standard InChI is InChI=1S/C10H13NO3S/c1-14-10(13)8-3-4-11-9(7-8)15-6-2-5-12/h3-4,7,12H,2,5-6H2,1H3. The Bertz CT molecular complexity index is 330. The molecular formula is C10H13NO3S. The molecule has 0 amide bonds. The third kappa shape index (κ3) is 3.89. The molecule has 5 heteroatoms. The molecule has 1 heterocycles. The second-order valence-corrected chi connectivity index (χ2v) is 3.92. The van der Waals surface area contributed by atoms with E-state index in [0.29, 0.717) is 5.56 Å². The summed E-state index contributed by atoms with van der Waals surface area (Å²) in [6, 6.07) is 3.30. The van der Waals surface area contributed by atoms with Crippen LogP contribution >= 0.6 is 11.8 Å². The first-order valence-electron chi connectivity index (χ1n) is 4.56. The van der Waals surface area contributed by atoms with Crippen molar-refractivity contribution in [2.24, 2.45) is 0 Å². The lowest BCUT2D eigenvalue weighted by atomic mass is 10.3. The zero-order chi connectivity index (χ0) is 11.1. The quantitative estimate of drug-likeness (QED) is 0.467. The molecule has 4 nitrogen and oxygen atoms in total. The van der Waals surface area contributed by atoms with E-state index in [-0.39, 0.29) is 12.6 Å². The van der Waals surface area contributed by atoms with Crippen LogP contribution in [0, 0.1) is 0 Å². The largest absolute Gasteiger partial charge is 0.465 e. The Labute approximate surface area is 92.7 Å². The molecule has 0 unspecified atom stereocenters. The van der Waals surface area contributed by atoms with Gasteiger partial charge in [-0.05, 0) is 18.6 Å². The van der Waals surface area contributed by atoms with Gasteiger partial charge in [0.1, 0.15) is 0 Å². The van der Waals surface area contributed by atoms with E-state index in [4.69, 9.17) is 5.11 Å². The summed E-state index contributed by atoms with van der Waals surface area (Å²) >= 11 is 1.51. The Morgan fingerprint density at radius 2 is 2.47 bits per heavy atom. The lowest BCUT2D eigenvalue weighted by Crippen LogP contribution is -2.01. The first-order chi connectivity index (χ1) is 7.27. The summed E-state index contributed by atoms with van der Waals surface area (Å²) in [7, 11) is 1.35. The van der Waals surface area contributed by atoms with Crippen molar-refractivity contribution in [1.29, 1.82) is 0 Å². The molecule has 0 aliphatic carbocycles. The molecule has 0 spiro atoms. The van der Waals surface area contributed by atoms with E-state index < -0.39 is 0 Å². The topological polar surface area (TPSA) is 59.4 Å². The second kappa shape index (κ2) is 6.42. The number of esters is 1. The van der Waals surface area contributed by atoms with Crippen LogP contribution in [0.3, 0.4) is 0 Å². The van der Waals surface area contributed by atoms with Gasteiger partial charge in [-0.2, -0.15) is 0 Å². The monoisotopic (exact) mass is 227 g/mol. The molecule has 0 bridgehead atoms. The van der Waals surface area contributed by atoms with Gasteiger partial charge in [-0.3, -0.25) is 0 Å². The Morgan fingerprint density at radius 1 is 1.67 bits per heavy atom. The minimum atomic E-state index is -0.360. The number of carbonyl (C=O) groups excluding carboxylic acids is 1. The van der Waals surface area contributed by atoms with Crippen molar-refractivity contribution in [2.45, 2.75) is 11.4 Å². The predicted molar refractivity (Wildman–Crippen MR) is 58.0 cm³/mol. The molecule has 0 aliphatic heterocycles. The normalized spacial score (nSPS) is 10.0. The SMILES string of the molecule is COC(=O)c1ccnc(SCCCO)c1. The molecule has 0 saturated carbocycles. The van der Waals surface area contributed by atoms with E-state index in [2.05, 4.69) is 9.72 Å². The molecule has 0 fully saturated rings. The van der Waals surface area contributed by atoms with Crippen molar-refractivity contribution >= 4 is 17.7 Å². The van der Waals surface area contributed by atoms with Crippen LogP contribution in [0.4, 0.5) is 0 Å². The van der Waals surface area contributed by atoms with Crippen molar-refractivity contribution in [3.8, 4) is 0 Å². The lowest BCUT2D eigenvalue weighted by molar-refractivity contribution is 0.0600. The number of thioether (sulfide) groups is 1. The number of carbonyl (C=O) groups is 1. The molecule has 0 saturated heterocycles. The zero-order valence-corrected chi connectivity index (χ0v) is 9.29. The minimum absolute atomic E-state index is 0.170. The molecule has 0 aromatic carbocycles. The Hall–Kier alpha value is -1.07. The molecule has 1 rings (SSSR count). The summed E-state index contributed by atoms with van der Waals surface area (Å²) < 4.78 is 4.60. The molecule has 15 heavy (non-hydrogen) atoms. The van der Waals surface area contributed by atoms with Gasteiger partial charge in [0.15, 0.2) is 0 Å². The van der Waals surface area contributed by atoms with Crippen LogP contribution in [0.25, 0.3) is 0 Å². The molecule has 1 N–H and O–H groups in total. The summed E-state index contributed by atoms with van der Waals surface area (Å²) in [6.07, 6.45) is 2.29. The van der Waals surface area contributed by atoms with Crippen LogP contribution < -0.4 is 0 Å². The number of hydrogen-bond acceptors (Lipinski definition) is 5. The molecule has 82 valence electrons. The third-order valence-electron chi connectivity index (χ3n) is 1.71. The Morgan fingerprint density at radius 3 is 3.13 bits per heavy atom. The second-order valence-electron chi connectivity index (χ2n) is 2.80. The van der Waals surface area contributed by atoms with E-state index in [1.54, 1.807) is 18.3 Å². The average molecular weight is 227 g/mol. The smallest absolute Gasteiger partial charge is 0.337 e. The van der Waals surface area contributed by atoms with Gasteiger partial charge in [0.2, 0.25) is 0 Å². The number of ether oxygens (including phenoxy) is 1. The highest BCUT2D eigenvalue weighted by atomic mass is 32.2. The molecule has 1 aromatic rings. The van der Waals surface area contributed by atoms with E-state index in [9.17, 15) is 4.79 Å². The van der Waals surface area contributed by atoms with Gasteiger partial charge in [0.05, 0.1) is 17.7 Å². The van der Waals surface area contributed by atoms with Gasteiger partial charge in [0.25, 0.3) is 0 Å². The number of aromatic nitrogens is 1. The fourth-order valence-corrected chi connectivity index (χ4v) is 1.80. The average Bonchev–Trinajstić information content (AvgIpc) is 2.29. The minimum Gasteiger partial charge on any atom is -0.465 e. The fourth-order valence-electron chi connectivity index (χ4n) is 0.974. The van der Waals surface area contributed by atoms with Gasteiger partial charge >= 0.3 is 5.97 Å². The Balaban J connectivity index is 2.62. The van der Waals surface area contributed by atoms with Crippen molar-refractivity contribution in [2.75, 3.05) is 19.5 Å². The highest BCUT2D eigenvalue weighted by Gasteiger charge is 2.06. The summed E-state index contributed by atoms with van der Waals surface area (Å²) in [5.74, 6) is 0.426. The van der Waals surface area contributed by atoms with Crippen molar-refractivity contribution < 1.29 is 14.6 Å². The zero-order valence-electron chi connectivity index (χ0n) is 8.47. The van der Waals surface area contributed by atoms with E-state index >= 15 is 0 Å². The first kappa shape index (κ1) is 12.0. The maximum atomic E-state index is 11.2. The van der Waals surface area contributed by atoms with Crippen LogP contribution in [-0.4, -0.2) is 35.5 Å². The van der Waals surface area contributed by atoms with Gasteiger partial charge in [-0.25, -0.2) is 9.78 Å². The molecule has 0 radical (unpaired) electrons. The predicted octanol–water partition coefficient (Wildman–Crippen LogP) is 1.34. The number of pyridine rings is 1. The lowest BCUT2D eigenvalue weighted by Gasteiger charge is -2.02. The molecule has 0 atom stereocenters. The summed E-state index contributed by atoms with van der Waals surface area (Å²) in [6.45, 7) is 0.170. The first-order valence-corrected chi connectivity index (χ1v) is 5.54. The summed E-state index contributed by atoms with van der Waals surface area (Å²) in [5, 5.41) is 9.39. The van der Waals surface area contributed by atoms with Gasteiger partial charge in [-0.15, -0.1) is 11.8 Å². The van der Waals surface area contributed by atoms with E-state index in [1.165, 1.54) is 18.9 Å². The van der Waals surface area contributed by atoms with E-state index in [0.717, 1.165) is 17.2 Å². The van der Waals surface area contributed by atoms with Crippen molar-refractivity contribution in [3.63, 3.8) is 0 Å². The number of hydrogen-bond donors (Lipinski definition) is 1. The van der Waals surface area contributed by atoms with Crippen LogP contribution in [-0.2, 0) is 4.74 Å². The van der Waals surface area contributed by atoms with Crippen LogP contribution in [0.5, 0.6) is 0 Å². The van der Waals surface area contributed by atoms with Gasteiger partial charge < -0.3 is 9.84 Å². The number of aliphatic hydroxyl groups excluding tert-OH is 1. The number of rotatable bonds is 5. The maximum absolute atomic E-state index is 11.2. The highest BCUT2D eigenvalue weighted by Crippen LogP contribution is 2.17. The van der Waals surface area contributed by atoms with E-state index in [1.807, 2.05) is 0 Å². The molecular weight excluding hydrogens is 214 g/mol. The van der Waals surface area contributed by atoms with Gasteiger partial charge in [0, 0.05) is 18.6 Å². The Kier molecular flexibility index (Phi) is 5.14. The van der Waals surface area contributed by atoms with Crippen LogP contribution in [0.1, 0.15) is 16.8 Å². The third-order valence-corrected chi connectivity index (χ3v) is 2.72. The highest BCUT2D eigenvalue weighted by molar-refractivity contribution is 7.99. The van der Waals surface area contributed by atoms with Crippen LogP contribution in [0.2, 0.25) is 0 Å². The van der Waals surface area contributed by atoms with Crippen LogP contribution in [0.15, 0.2) is 23.4 Å². The number of aliphatic hydroxyl groups is 1. The molecule has 1 aromatic heterocycles. The van der Waals surface area contributed by atoms with Crippen molar-refractivity contribution in [3.05, 3.63) is 23.9 Å². The summed E-state index contributed by atoms with van der Waals surface area (Å²) in [5.41, 5.74) is 0.499.